The monoisotopic (exact) mass is 357 g/mol. The van der Waals surface area contributed by atoms with Gasteiger partial charge in [-0.2, -0.15) is 0 Å². The molecule has 1 aromatic rings. The molecule has 1 aliphatic heterocycles. The highest BCUT2D eigenvalue weighted by atomic mass is 32.2. The number of carbonyl (C=O) groups excluding carboxylic acids is 1. The first kappa shape index (κ1) is 18.4. The minimum Gasteiger partial charge on any atom is -0.348 e. The van der Waals surface area contributed by atoms with E-state index in [1.54, 1.807) is 23.9 Å². The third-order valence-electron chi connectivity index (χ3n) is 3.84. The number of rotatable bonds is 4. The lowest BCUT2D eigenvalue weighted by Gasteiger charge is -2.24. The highest BCUT2D eigenvalue weighted by Gasteiger charge is 2.26. The van der Waals surface area contributed by atoms with Crippen molar-refractivity contribution in [2.24, 2.45) is 0 Å². The maximum Gasteiger partial charge on any atom is 0.255 e. The van der Waals surface area contributed by atoms with Crippen LogP contribution in [-0.2, 0) is 27.7 Å². The largest absolute Gasteiger partial charge is 0.348 e. The fourth-order valence-electron chi connectivity index (χ4n) is 2.67. The third-order valence-corrected chi connectivity index (χ3v) is 4.62. The Morgan fingerprint density at radius 2 is 1.96 bits per heavy atom. The van der Waals surface area contributed by atoms with Gasteiger partial charge >= 0.3 is 0 Å². The lowest BCUT2D eigenvalue weighted by atomic mass is 10.1. The van der Waals surface area contributed by atoms with E-state index >= 15 is 0 Å². The molecule has 2 rings (SSSR count). The summed E-state index contributed by atoms with van der Waals surface area (Å²) in [5.74, 6) is 0.170. The molecular weight excluding hydrogens is 334 g/mol. The predicted octanol–water partition coefficient (Wildman–Crippen LogP) is -1.30. The zero-order chi connectivity index (χ0) is 18.1. The quantitative estimate of drug-likeness (QED) is 0.692. The Balaban J connectivity index is 2.17. The van der Waals surface area contributed by atoms with Crippen LogP contribution >= 0.6 is 0 Å². The first-order valence-electron chi connectivity index (χ1n) is 7.64. The Kier molecular flexibility index (Phi) is 5.29. The Bertz CT molecular complexity index is 787. The van der Waals surface area contributed by atoms with Crippen LogP contribution in [0.25, 0.3) is 0 Å². The van der Waals surface area contributed by atoms with E-state index in [9.17, 15) is 18.0 Å². The van der Waals surface area contributed by atoms with Gasteiger partial charge in [0.05, 0.1) is 18.0 Å². The van der Waals surface area contributed by atoms with Gasteiger partial charge in [0, 0.05) is 39.2 Å². The molecule has 0 saturated heterocycles. The van der Waals surface area contributed by atoms with Crippen LogP contribution in [0.1, 0.15) is 18.2 Å². The lowest BCUT2D eigenvalue weighted by Crippen LogP contribution is -2.47. The molecule has 10 heteroatoms. The van der Waals surface area contributed by atoms with E-state index in [2.05, 4.69) is 14.7 Å². The van der Waals surface area contributed by atoms with Crippen LogP contribution in [0.2, 0.25) is 0 Å². The SMILES string of the molecule is C[C@H](NS(C)(=O)=O)C(=O)N1CCc2nc(N(C)C)[nH]c(=O)c2CC1. The van der Waals surface area contributed by atoms with Crippen LogP contribution in [0, 0.1) is 0 Å². The molecule has 2 N–H and O–H groups in total. The van der Waals surface area contributed by atoms with Crippen molar-refractivity contribution in [2.75, 3.05) is 38.3 Å². The molecule has 1 amide bonds. The van der Waals surface area contributed by atoms with Crippen LogP contribution in [0.15, 0.2) is 4.79 Å². The van der Waals surface area contributed by atoms with Crippen LogP contribution in [0.5, 0.6) is 0 Å². The van der Waals surface area contributed by atoms with Gasteiger partial charge in [-0.3, -0.25) is 14.6 Å². The van der Waals surface area contributed by atoms with Gasteiger partial charge < -0.3 is 9.80 Å². The van der Waals surface area contributed by atoms with Gasteiger partial charge in [-0.05, 0) is 13.3 Å². The minimum atomic E-state index is -3.46. The molecule has 2 heterocycles. The number of nitrogens with zero attached hydrogens (tertiary/aromatic N) is 3. The molecule has 0 fully saturated rings. The molecule has 1 aromatic heterocycles. The maximum atomic E-state index is 12.4. The normalized spacial score (nSPS) is 16.2. The standard InChI is InChI=1S/C14H23N5O4S/c1-9(17-24(4,22)23)13(21)19-7-5-10-11(6-8-19)15-14(18(2)3)16-12(10)20/h9,17H,5-8H2,1-4H3,(H,15,16,20)/t9-/m0/s1. The van der Waals surface area contributed by atoms with E-state index < -0.39 is 16.1 Å². The summed E-state index contributed by atoms with van der Waals surface area (Å²) in [5, 5.41) is 0. The van der Waals surface area contributed by atoms with Crippen LogP contribution in [0.4, 0.5) is 5.95 Å². The van der Waals surface area contributed by atoms with Crippen molar-refractivity contribution in [1.29, 1.82) is 0 Å². The molecular formula is C14H23N5O4S. The fraction of sp³-hybridized carbons (Fsp3) is 0.643. The number of amides is 1. The summed E-state index contributed by atoms with van der Waals surface area (Å²) in [6.07, 6.45) is 1.86. The number of aromatic amines is 1. The number of nitrogens with one attached hydrogen (secondary N) is 2. The van der Waals surface area contributed by atoms with E-state index in [0.717, 1.165) is 6.26 Å². The number of sulfonamides is 1. The second kappa shape index (κ2) is 6.89. The molecule has 1 aliphatic rings. The summed E-state index contributed by atoms with van der Waals surface area (Å²) in [4.78, 5) is 35.1. The number of H-pyrrole nitrogens is 1. The number of hydrogen-bond acceptors (Lipinski definition) is 6. The second-order valence-electron chi connectivity index (χ2n) is 6.15. The van der Waals surface area contributed by atoms with Crippen molar-refractivity contribution in [2.45, 2.75) is 25.8 Å². The summed E-state index contributed by atoms with van der Waals surface area (Å²) < 4.78 is 24.8. The van der Waals surface area contributed by atoms with Gasteiger partial charge in [-0.15, -0.1) is 0 Å². The average molecular weight is 357 g/mol. The van der Waals surface area contributed by atoms with Crippen molar-refractivity contribution < 1.29 is 13.2 Å². The topological polar surface area (TPSA) is 115 Å². The molecule has 0 aliphatic carbocycles. The summed E-state index contributed by atoms with van der Waals surface area (Å²) in [7, 11) is 0.113. The number of anilines is 1. The summed E-state index contributed by atoms with van der Waals surface area (Å²) in [5.41, 5.74) is 1.07. The van der Waals surface area contributed by atoms with Gasteiger partial charge in [0.15, 0.2) is 0 Å². The fourth-order valence-corrected chi connectivity index (χ4v) is 3.42. The molecule has 134 valence electrons. The first-order chi connectivity index (χ1) is 11.1. The van der Waals surface area contributed by atoms with E-state index in [-0.39, 0.29) is 11.5 Å². The van der Waals surface area contributed by atoms with Gasteiger partial charge in [0.2, 0.25) is 21.9 Å². The molecule has 0 aromatic carbocycles. The van der Waals surface area contributed by atoms with Gasteiger partial charge in [0.25, 0.3) is 5.56 Å². The number of fused-ring (bicyclic) bond motifs is 1. The second-order valence-corrected chi connectivity index (χ2v) is 7.93. The molecule has 0 saturated carbocycles. The Hall–Kier alpha value is -1.94. The predicted molar refractivity (Wildman–Crippen MR) is 90.6 cm³/mol. The van der Waals surface area contributed by atoms with Gasteiger partial charge in [-0.1, -0.05) is 0 Å². The molecule has 0 unspecified atom stereocenters. The van der Waals surface area contributed by atoms with Crippen LogP contribution in [0.3, 0.4) is 0 Å². The van der Waals surface area contributed by atoms with Crippen molar-refractivity contribution in [3.63, 3.8) is 0 Å². The van der Waals surface area contributed by atoms with E-state index in [1.165, 1.54) is 6.92 Å². The van der Waals surface area contributed by atoms with Crippen molar-refractivity contribution in [1.82, 2.24) is 19.6 Å². The highest BCUT2D eigenvalue weighted by molar-refractivity contribution is 7.88. The smallest absolute Gasteiger partial charge is 0.255 e. The summed E-state index contributed by atoms with van der Waals surface area (Å²) in [6.45, 7) is 2.26. The molecule has 9 nitrogen and oxygen atoms in total. The number of aromatic nitrogens is 2. The summed E-state index contributed by atoms with van der Waals surface area (Å²) >= 11 is 0. The Morgan fingerprint density at radius 1 is 1.33 bits per heavy atom. The van der Waals surface area contributed by atoms with Crippen LogP contribution < -0.4 is 15.2 Å². The van der Waals surface area contributed by atoms with Gasteiger partial charge in [0.1, 0.15) is 0 Å². The zero-order valence-corrected chi connectivity index (χ0v) is 15.1. The molecule has 0 spiro atoms. The Morgan fingerprint density at radius 3 is 2.54 bits per heavy atom. The molecule has 1 atom stereocenters. The van der Waals surface area contributed by atoms with E-state index in [0.29, 0.717) is 43.1 Å². The van der Waals surface area contributed by atoms with Crippen molar-refractivity contribution >= 4 is 21.9 Å². The third kappa shape index (κ3) is 4.32. The van der Waals surface area contributed by atoms with E-state index in [4.69, 9.17) is 0 Å². The lowest BCUT2D eigenvalue weighted by molar-refractivity contribution is -0.132. The molecule has 0 radical (unpaired) electrons. The number of carbonyl (C=O) groups is 1. The van der Waals surface area contributed by atoms with Crippen LogP contribution in [-0.4, -0.2) is 68.7 Å². The minimum absolute atomic E-state index is 0.194. The molecule has 24 heavy (non-hydrogen) atoms. The van der Waals surface area contributed by atoms with Crippen molar-refractivity contribution in [3.05, 3.63) is 21.6 Å². The highest BCUT2D eigenvalue weighted by Crippen LogP contribution is 2.13. The van der Waals surface area contributed by atoms with Gasteiger partial charge in [-0.25, -0.2) is 18.1 Å². The number of hydrogen-bond donors (Lipinski definition) is 2. The zero-order valence-electron chi connectivity index (χ0n) is 14.3. The first-order valence-corrected chi connectivity index (χ1v) is 9.53. The summed E-state index contributed by atoms with van der Waals surface area (Å²) in [6, 6.07) is -0.843. The maximum absolute atomic E-state index is 12.4. The van der Waals surface area contributed by atoms with E-state index in [1.807, 2.05) is 0 Å². The average Bonchev–Trinajstić information content (AvgIpc) is 2.67. The molecule has 0 bridgehead atoms. The Labute approximate surface area is 141 Å². The van der Waals surface area contributed by atoms with Crippen molar-refractivity contribution in [3.8, 4) is 0 Å².